The van der Waals surface area contributed by atoms with Crippen LogP contribution in [0.15, 0.2) is 22.7 Å². The third kappa shape index (κ3) is 3.92. The van der Waals surface area contributed by atoms with Crippen molar-refractivity contribution < 1.29 is 14.3 Å². The molecular formula is C13H15BrClNO3. The predicted molar refractivity (Wildman–Crippen MR) is 76.4 cm³/mol. The van der Waals surface area contributed by atoms with Gasteiger partial charge in [0.15, 0.2) is 5.79 Å². The predicted octanol–water partition coefficient (Wildman–Crippen LogP) is 2.98. The van der Waals surface area contributed by atoms with E-state index in [1.807, 2.05) is 13.8 Å². The Bertz CT molecular complexity index is 493. The van der Waals surface area contributed by atoms with E-state index in [4.69, 9.17) is 21.1 Å². The van der Waals surface area contributed by atoms with E-state index in [9.17, 15) is 4.79 Å². The molecule has 1 atom stereocenters. The number of hydrogen-bond donors (Lipinski definition) is 1. The number of carbonyl (C=O) groups excluding carboxylic acids is 1. The molecule has 1 N–H and O–H groups in total. The van der Waals surface area contributed by atoms with Gasteiger partial charge in [0, 0.05) is 16.6 Å². The third-order valence-corrected chi connectivity index (χ3v) is 3.97. The summed E-state index contributed by atoms with van der Waals surface area (Å²) in [6.45, 7) is 4.59. The Kier molecular flexibility index (Phi) is 4.50. The van der Waals surface area contributed by atoms with Gasteiger partial charge in [-0.2, -0.15) is 0 Å². The monoisotopic (exact) mass is 347 g/mol. The van der Waals surface area contributed by atoms with Gasteiger partial charge in [-0.3, -0.25) is 4.79 Å². The zero-order valence-electron chi connectivity index (χ0n) is 10.7. The molecule has 1 fully saturated rings. The first-order valence-corrected chi connectivity index (χ1v) is 7.09. The summed E-state index contributed by atoms with van der Waals surface area (Å²) in [5.74, 6) is -0.751. The van der Waals surface area contributed by atoms with Crippen LogP contribution in [0.4, 0.5) is 0 Å². The Labute approximate surface area is 125 Å². The number of rotatable bonds is 3. The number of hydrogen-bond acceptors (Lipinski definition) is 3. The number of amides is 1. The maximum absolute atomic E-state index is 11.9. The highest BCUT2D eigenvalue weighted by Gasteiger charge is 2.32. The lowest BCUT2D eigenvalue weighted by atomic mass is 10.2. The van der Waals surface area contributed by atoms with Crippen LogP contribution in [0, 0.1) is 0 Å². The van der Waals surface area contributed by atoms with Crippen molar-refractivity contribution in [3.05, 3.63) is 33.3 Å². The Morgan fingerprint density at radius 1 is 1.58 bits per heavy atom. The second-order valence-electron chi connectivity index (χ2n) is 4.79. The first kappa shape index (κ1) is 14.8. The highest BCUT2D eigenvalue weighted by Crippen LogP contribution is 2.24. The molecule has 19 heavy (non-hydrogen) atoms. The lowest BCUT2D eigenvalue weighted by Crippen LogP contribution is -2.34. The lowest BCUT2D eigenvalue weighted by Gasteiger charge is -2.17. The minimum Gasteiger partial charge on any atom is -0.349 e. The fraction of sp³-hybridized carbons (Fsp3) is 0.462. The summed E-state index contributed by atoms with van der Waals surface area (Å²) in [6.07, 6.45) is -0.120. The number of nitrogens with one attached hydrogen (secondary N) is 1. The molecule has 4 nitrogen and oxygen atoms in total. The second kappa shape index (κ2) is 5.79. The Hall–Kier alpha value is -0.620. The summed E-state index contributed by atoms with van der Waals surface area (Å²) >= 11 is 9.23. The molecule has 1 aliphatic heterocycles. The molecule has 1 aromatic carbocycles. The summed E-state index contributed by atoms with van der Waals surface area (Å²) in [4.78, 5) is 11.9. The quantitative estimate of drug-likeness (QED) is 0.913. The van der Waals surface area contributed by atoms with Gasteiger partial charge in [-0.15, -0.1) is 0 Å². The smallest absolute Gasteiger partial charge is 0.251 e. The standard InChI is InChI=1S/C13H15BrClNO3/c1-13(2)18-7-9(19-13)6-16-12(17)8-3-4-10(14)11(15)5-8/h3-5,9H,6-7H2,1-2H3,(H,16,17). The number of halogens is 2. The summed E-state index contributed by atoms with van der Waals surface area (Å²) in [7, 11) is 0. The number of benzene rings is 1. The molecule has 1 saturated heterocycles. The van der Waals surface area contributed by atoms with Gasteiger partial charge in [-0.1, -0.05) is 11.6 Å². The van der Waals surface area contributed by atoms with Gasteiger partial charge in [0.05, 0.1) is 11.6 Å². The van der Waals surface area contributed by atoms with Crippen LogP contribution in [0.3, 0.4) is 0 Å². The average Bonchev–Trinajstić information content (AvgIpc) is 2.69. The molecule has 1 aromatic rings. The normalized spacial score (nSPS) is 21.4. The summed E-state index contributed by atoms with van der Waals surface area (Å²) in [5, 5.41) is 3.32. The van der Waals surface area contributed by atoms with Crippen molar-refractivity contribution in [2.24, 2.45) is 0 Å². The zero-order chi connectivity index (χ0) is 14.0. The maximum Gasteiger partial charge on any atom is 0.251 e. The van der Waals surface area contributed by atoms with Crippen LogP contribution in [-0.2, 0) is 9.47 Å². The van der Waals surface area contributed by atoms with Gasteiger partial charge >= 0.3 is 0 Å². The molecule has 2 rings (SSSR count). The van der Waals surface area contributed by atoms with Gasteiger partial charge in [0.1, 0.15) is 6.10 Å². The van der Waals surface area contributed by atoms with Crippen molar-refractivity contribution in [3.63, 3.8) is 0 Å². The molecule has 0 aliphatic carbocycles. The second-order valence-corrected chi connectivity index (χ2v) is 6.05. The van der Waals surface area contributed by atoms with Gasteiger partial charge in [0.25, 0.3) is 5.91 Å². The van der Waals surface area contributed by atoms with Gasteiger partial charge in [0.2, 0.25) is 0 Å². The molecule has 0 radical (unpaired) electrons. The van der Waals surface area contributed by atoms with Crippen molar-refractivity contribution in [3.8, 4) is 0 Å². The number of ether oxygens (including phenoxy) is 2. The molecular weight excluding hydrogens is 334 g/mol. The van der Waals surface area contributed by atoms with E-state index < -0.39 is 5.79 Å². The SMILES string of the molecule is CC1(C)OCC(CNC(=O)c2ccc(Br)c(Cl)c2)O1. The van der Waals surface area contributed by atoms with E-state index in [-0.39, 0.29) is 12.0 Å². The van der Waals surface area contributed by atoms with Crippen LogP contribution >= 0.6 is 27.5 Å². The van der Waals surface area contributed by atoms with Crippen LogP contribution in [0.5, 0.6) is 0 Å². The van der Waals surface area contributed by atoms with E-state index in [1.165, 1.54) is 0 Å². The van der Waals surface area contributed by atoms with Crippen molar-refractivity contribution in [1.82, 2.24) is 5.32 Å². The van der Waals surface area contributed by atoms with Gasteiger partial charge in [-0.05, 0) is 48.0 Å². The van der Waals surface area contributed by atoms with E-state index in [2.05, 4.69) is 21.2 Å². The van der Waals surface area contributed by atoms with Crippen LogP contribution in [0.1, 0.15) is 24.2 Å². The van der Waals surface area contributed by atoms with Crippen LogP contribution in [-0.4, -0.2) is 30.9 Å². The number of carbonyl (C=O) groups is 1. The summed E-state index contributed by atoms with van der Waals surface area (Å²) in [5.41, 5.74) is 0.520. The molecule has 0 saturated carbocycles. The minimum absolute atomic E-state index is 0.120. The molecule has 1 amide bonds. The topological polar surface area (TPSA) is 47.6 Å². The molecule has 0 bridgehead atoms. The molecule has 1 unspecified atom stereocenters. The lowest BCUT2D eigenvalue weighted by molar-refractivity contribution is -0.137. The largest absolute Gasteiger partial charge is 0.349 e. The van der Waals surface area contributed by atoms with Crippen molar-refractivity contribution >= 4 is 33.4 Å². The van der Waals surface area contributed by atoms with Gasteiger partial charge < -0.3 is 14.8 Å². The first-order valence-electron chi connectivity index (χ1n) is 5.92. The van der Waals surface area contributed by atoms with Gasteiger partial charge in [-0.25, -0.2) is 0 Å². The van der Waals surface area contributed by atoms with Crippen molar-refractivity contribution in [1.29, 1.82) is 0 Å². The molecule has 1 aliphatic rings. The highest BCUT2D eigenvalue weighted by molar-refractivity contribution is 9.10. The molecule has 6 heteroatoms. The molecule has 104 valence electrons. The Balaban J connectivity index is 1.89. The average molecular weight is 349 g/mol. The van der Waals surface area contributed by atoms with E-state index in [0.29, 0.717) is 23.7 Å². The van der Waals surface area contributed by atoms with Crippen LogP contribution in [0.25, 0.3) is 0 Å². The van der Waals surface area contributed by atoms with Crippen LogP contribution < -0.4 is 5.32 Å². The molecule has 1 heterocycles. The summed E-state index contributed by atoms with van der Waals surface area (Å²) < 4.78 is 11.8. The van der Waals surface area contributed by atoms with E-state index >= 15 is 0 Å². The molecule has 0 aromatic heterocycles. The van der Waals surface area contributed by atoms with Crippen molar-refractivity contribution in [2.45, 2.75) is 25.7 Å². The third-order valence-electron chi connectivity index (χ3n) is 2.74. The van der Waals surface area contributed by atoms with Crippen LogP contribution in [0.2, 0.25) is 5.02 Å². The summed E-state index contributed by atoms with van der Waals surface area (Å²) in [6, 6.07) is 5.08. The highest BCUT2D eigenvalue weighted by atomic mass is 79.9. The first-order chi connectivity index (χ1) is 8.87. The minimum atomic E-state index is -0.573. The van der Waals surface area contributed by atoms with E-state index in [0.717, 1.165) is 4.47 Å². The Morgan fingerprint density at radius 3 is 2.89 bits per heavy atom. The fourth-order valence-electron chi connectivity index (χ4n) is 1.81. The zero-order valence-corrected chi connectivity index (χ0v) is 13.0. The Morgan fingerprint density at radius 2 is 2.32 bits per heavy atom. The van der Waals surface area contributed by atoms with E-state index in [1.54, 1.807) is 18.2 Å². The maximum atomic E-state index is 11.9. The fourth-order valence-corrected chi connectivity index (χ4v) is 2.24. The molecule has 0 spiro atoms. The van der Waals surface area contributed by atoms with Crippen molar-refractivity contribution in [2.75, 3.05) is 13.2 Å².